The zero-order valence-electron chi connectivity index (χ0n) is 6.56. The molecule has 0 radical (unpaired) electrons. The second kappa shape index (κ2) is 3.95. The topological polar surface area (TPSA) is 20.2 Å². The molecular formula is C6H14Cl2OSi. The molecule has 62 valence electrons. The maximum absolute atomic E-state index is 9.50. The van der Waals surface area contributed by atoms with Crippen molar-refractivity contribution in [3.05, 3.63) is 0 Å². The van der Waals surface area contributed by atoms with Crippen molar-refractivity contribution in [1.29, 1.82) is 0 Å². The molecule has 1 N–H and O–H groups in total. The molecule has 2 atom stereocenters. The third-order valence-electron chi connectivity index (χ3n) is 1.38. The fraction of sp³-hybridized carbons (Fsp3) is 1.00. The van der Waals surface area contributed by atoms with Gasteiger partial charge in [-0.2, -0.15) is 0 Å². The molecule has 0 amide bonds. The fourth-order valence-corrected chi connectivity index (χ4v) is 3.28. The van der Waals surface area contributed by atoms with E-state index in [2.05, 4.69) is 19.6 Å². The minimum Gasteiger partial charge on any atom is -0.395 e. The second-order valence-electron chi connectivity index (χ2n) is 3.48. The number of rotatable bonds is 3. The summed E-state index contributed by atoms with van der Waals surface area (Å²) in [6.07, 6.45) is 0. The molecule has 0 aromatic carbocycles. The van der Waals surface area contributed by atoms with Gasteiger partial charge in [-0.1, -0.05) is 19.6 Å². The quantitative estimate of drug-likeness (QED) is 0.547. The van der Waals surface area contributed by atoms with Gasteiger partial charge in [0, 0.05) is 5.88 Å². The molecule has 0 aliphatic carbocycles. The lowest BCUT2D eigenvalue weighted by Crippen LogP contribution is -2.45. The molecule has 1 nitrogen and oxygen atoms in total. The number of alkyl halides is 2. The van der Waals surface area contributed by atoms with Crippen molar-refractivity contribution in [1.82, 2.24) is 0 Å². The third kappa shape index (κ3) is 3.24. The first kappa shape index (κ1) is 10.8. The monoisotopic (exact) mass is 200 g/mol. The minimum absolute atomic E-state index is 0.284. The number of halogens is 2. The van der Waals surface area contributed by atoms with Gasteiger partial charge >= 0.3 is 0 Å². The Kier molecular flexibility index (Phi) is 4.25. The lowest BCUT2D eigenvalue weighted by atomic mass is 10.5. The van der Waals surface area contributed by atoms with E-state index in [1.807, 2.05) is 0 Å². The van der Waals surface area contributed by atoms with Gasteiger partial charge in [0.05, 0.1) is 19.2 Å². The van der Waals surface area contributed by atoms with Crippen LogP contribution in [-0.4, -0.2) is 30.2 Å². The molecule has 0 saturated heterocycles. The largest absolute Gasteiger partial charge is 0.395 e. The summed E-state index contributed by atoms with van der Waals surface area (Å²) in [5.74, 6) is 0.326. The lowest BCUT2D eigenvalue weighted by molar-refractivity contribution is 0.244. The van der Waals surface area contributed by atoms with E-state index in [0.717, 1.165) is 0 Å². The van der Waals surface area contributed by atoms with Gasteiger partial charge in [-0.25, -0.2) is 0 Å². The molecule has 4 heteroatoms. The van der Waals surface area contributed by atoms with Gasteiger partial charge in [0.25, 0.3) is 0 Å². The Balaban J connectivity index is 3.94. The third-order valence-corrected chi connectivity index (χ3v) is 4.65. The van der Waals surface area contributed by atoms with Crippen LogP contribution in [0.25, 0.3) is 0 Å². The molecule has 0 aliphatic heterocycles. The average molecular weight is 201 g/mol. The standard InChI is InChI=1S/C6H14Cl2OSi/c1-10(2,3)6(9)5(8)4-7/h5-6,9H,4H2,1-3H3. The van der Waals surface area contributed by atoms with Crippen molar-refractivity contribution in [3.63, 3.8) is 0 Å². The summed E-state index contributed by atoms with van der Waals surface area (Å²) in [7, 11) is -1.51. The zero-order chi connectivity index (χ0) is 8.36. The Hall–Kier alpha value is 0.757. The number of hydrogen-bond acceptors (Lipinski definition) is 1. The SMILES string of the molecule is C[Si](C)(C)C(O)C(Cl)CCl. The van der Waals surface area contributed by atoms with Gasteiger partial charge in [-0.3, -0.25) is 0 Å². The highest BCUT2D eigenvalue weighted by molar-refractivity contribution is 6.78. The Morgan fingerprint density at radius 1 is 1.40 bits per heavy atom. The smallest absolute Gasteiger partial charge is 0.0801 e. The molecule has 10 heavy (non-hydrogen) atoms. The molecule has 0 heterocycles. The molecule has 0 bridgehead atoms. The van der Waals surface area contributed by atoms with E-state index in [9.17, 15) is 5.11 Å². The molecule has 0 fully saturated rings. The Bertz CT molecular complexity index is 102. The highest BCUT2D eigenvalue weighted by Gasteiger charge is 2.30. The number of hydrogen-bond donors (Lipinski definition) is 1. The van der Waals surface area contributed by atoms with Crippen molar-refractivity contribution in [2.45, 2.75) is 30.7 Å². The fourth-order valence-electron chi connectivity index (χ4n) is 0.627. The van der Waals surface area contributed by atoms with Gasteiger partial charge in [0.15, 0.2) is 0 Å². The average Bonchev–Trinajstić information content (AvgIpc) is 1.83. The van der Waals surface area contributed by atoms with Crippen LogP contribution in [-0.2, 0) is 0 Å². The van der Waals surface area contributed by atoms with Gasteiger partial charge < -0.3 is 5.11 Å². The Labute approximate surface area is 73.3 Å². The van der Waals surface area contributed by atoms with Crippen molar-refractivity contribution >= 4 is 31.3 Å². The lowest BCUT2D eigenvalue weighted by Gasteiger charge is -2.26. The van der Waals surface area contributed by atoms with E-state index in [-0.39, 0.29) is 5.38 Å². The van der Waals surface area contributed by atoms with Crippen LogP contribution in [0.1, 0.15) is 0 Å². The van der Waals surface area contributed by atoms with Gasteiger partial charge in [0.2, 0.25) is 0 Å². The van der Waals surface area contributed by atoms with Crippen LogP contribution in [0.15, 0.2) is 0 Å². The van der Waals surface area contributed by atoms with Gasteiger partial charge in [-0.15, -0.1) is 23.2 Å². The molecule has 0 spiro atoms. The van der Waals surface area contributed by atoms with E-state index in [0.29, 0.717) is 5.88 Å². The summed E-state index contributed by atoms with van der Waals surface area (Å²) < 4.78 is 0. The van der Waals surface area contributed by atoms with Crippen molar-refractivity contribution in [3.8, 4) is 0 Å². The second-order valence-corrected chi connectivity index (χ2v) is 9.67. The van der Waals surface area contributed by atoms with Crippen LogP contribution < -0.4 is 0 Å². The highest BCUT2D eigenvalue weighted by atomic mass is 35.5. The van der Waals surface area contributed by atoms with E-state index >= 15 is 0 Å². The molecule has 0 aromatic heterocycles. The van der Waals surface area contributed by atoms with Crippen LogP contribution in [0.2, 0.25) is 19.6 Å². The Morgan fingerprint density at radius 3 is 1.90 bits per heavy atom. The van der Waals surface area contributed by atoms with Crippen LogP contribution in [0.3, 0.4) is 0 Å². The maximum Gasteiger partial charge on any atom is 0.0801 e. The van der Waals surface area contributed by atoms with Crippen molar-refractivity contribution < 1.29 is 5.11 Å². The van der Waals surface area contributed by atoms with Crippen molar-refractivity contribution in [2.24, 2.45) is 0 Å². The molecule has 0 saturated carbocycles. The highest BCUT2D eigenvalue weighted by Crippen LogP contribution is 2.16. The minimum atomic E-state index is -1.51. The van der Waals surface area contributed by atoms with E-state index < -0.39 is 13.8 Å². The first-order chi connectivity index (χ1) is 4.39. The number of aliphatic hydroxyl groups excluding tert-OH is 1. The number of aliphatic hydroxyl groups is 1. The molecule has 0 rings (SSSR count). The van der Waals surface area contributed by atoms with Gasteiger partial charge in [0.1, 0.15) is 0 Å². The summed E-state index contributed by atoms with van der Waals surface area (Å²) in [6, 6.07) is 0. The maximum atomic E-state index is 9.50. The molecular weight excluding hydrogens is 187 g/mol. The summed E-state index contributed by atoms with van der Waals surface area (Å²) in [4.78, 5) is 0. The van der Waals surface area contributed by atoms with Crippen molar-refractivity contribution in [2.75, 3.05) is 5.88 Å². The zero-order valence-corrected chi connectivity index (χ0v) is 9.08. The van der Waals surface area contributed by atoms with E-state index in [4.69, 9.17) is 23.2 Å². The molecule has 0 aromatic rings. The first-order valence-electron chi connectivity index (χ1n) is 3.27. The summed E-state index contributed by atoms with van der Waals surface area (Å²) in [5, 5.41) is 9.22. The van der Waals surface area contributed by atoms with Gasteiger partial charge in [-0.05, 0) is 0 Å². The van der Waals surface area contributed by atoms with Crippen LogP contribution >= 0.6 is 23.2 Å². The predicted molar refractivity (Wildman–Crippen MR) is 49.7 cm³/mol. The van der Waals surface area contributed by atoms with Crippen LogP contribution in [0.5, 0.6) is 0 Å². The summed E-state index contributed by atoms with van der Waals surface area (Å²) in [6.45, 7) is 6.21. The Morgan fingerprint density at radius 2 is 1.80 bits per heavy atom. The summed E-state index contributed by atoms with van der Waals surface area (Å²) in [5.41, 5.74) is -0.397. The van der Waals surface area contributed by atoms with E-state index in [1.165, 1.54) is 0 Å². The van der Waals surface area contributed by atoms with Crippen LogP contribution in [0, 0.1) is 0 Å². The van der Waals surface area contributed by atoms with E-state index in [1.54, 1.807) is 0 Å². The van der Waals surface area contributed by atoms with Crippen LogP contribution in [0.4, 0.5) is 0 Å². The first-order valence-corrected chi connectivity index (χ1v) is 7.82. The molecule has 2 unspecified atom stereocenters. The summed E-state index contributed by atoms with van der Waals surface area (Å²) >= 11 is 11.2. The predicted octanol–water partition coefficient (Wildman–Crippen LogP) is 2.07. The molecule has 0 aliphatic rings. The normalized spacial score (nSPS) is 18.6.